The molecule has 7 nitrogen and oxygen atoms in total. The second-order valence-corrected chi connectivity index (χ2v) is 7.08. The van der Waals surface area contributed by atoms with Crippen LogP contribution in [0, 0.1) is 0 Å². The van der Waals surface area contributed by atoms with Gasteiger partial charge in [0.25, 0.3) is 5.56 Å². The summed E-state index contributed by atoms with van der Waals surface area (Å²) < 4.78 is 1.32. The highest BCUT2D eigenvalue weighted by atomic mass is 16.5. The van der Waals surface area contributed by atoms with Crippen molar-refractivity contribution in [2.24, 2.45) is 7.05 Å². The Labute approximate surface area is 123 Å². The van der Waals surface area contributed by atoms with Gasteiger partial charge >= 0.3 is 5.69 Å². The Kier molecular flexibility index (Phi) is 3.75. The highest BCUT2D eigenvalue weighted by molar-refractivity contribution is 5.39. The molecule has 0 aliphatic carbocycles. The van der Waals surface area contributed by atoms with Crippen molar-refractivity contribution in [3.63, 3.8) is 0 Å². The average Bonchev–Trinajstić information content (AvgIpc) is 2.32. The Hall–Kier alpha value is -1.60. The zero-order chi connectivity index (χ0) is 16.0. The van der Waals surface area contributed by atoms with Gasteiger partial charge < -0.3 is 9.88 Å². The number of nitrogens with one attached hydrogen (secondary N) is 2. The van der Waals surface area contributed by atoms with E-state index in [-0.39, 0.29) is 6.04 Å². The maximum absolute atomic E-state index is 12.3. The molecule has 1 aliphatic rings. The molecule has 0 amide bonds. The van der Waals surface area contributed by atoms with E-state index in [1.165, 1.54) is 10.8 Å². The summed E-state index contributed by atoms with van der Waals surface area (Å²) >= 11 is 0. The highest BCUT2D eigenvalue weighted by Gasteiger charge is 2.46. The summed E-state index contributed by atoms with van der Waals surface area (Å²) in [5.41, 5.74) is -1.54. The molecule has 0 saturated carbocycles. The van der Waals surface area contributed by atoms with Crippen molar-refractivity contribution >= 4 is 5.69 Å². The maximum atomic E-state index is 12.3. The highest BCUT2D eigenvalue weighted by Crippen LogP contribution is 2.37. The van der Waals surface area contributed by atoms with Crippen LogP contribution in [-0.2, 0) is 12.3 Å². The quantitative estimate of drug-likeness (QED) is 0.846. The summed E-state index contributed by atoms with van der Waals surface area (Å²) in [6.07, 6.45) is 2.75. The molecule has 2 heterocycles. The smallest absolute Gasteiger partial charge is 0.328 e. The lowest BCUT2D eigenvalue weighted by molar-refractivity contribution is -0.288. The molecule has 0 atom stereocenters. The number of rotatable bonds is 2. The third-order valence-corrected chi connectivity index (χ3v) is 4.06. The average molecular weight is 295 g/mol. The van der Waals surface area contributed by atoms with Gasteiger partial charge in [0.15, 0.2) is 0 Å². The molecule has 2 N–H and O–H groups in total. The van der Waals surface area contributed by atoms with Gasteiger partial charge in [0.1, 0.15) is 5.69 Å². The number of H-pyrrole nitrogens is 1. The van der Waals surface area contributed by atoms with E-state index in [1.54, 1.807) is 7.05 Å². The van der Waals surface area contributed by atoms with Gasteiger partial charge in [0, 0.05) is 30.4 Å². The molecule has 0 bridgehead atoms. The van der Waals surface area contributed by atoms with Crippen molar-refractivity contribution in [2.45, 2.75) is 57.7 Å². The molecular weight excluding hydrogens is 272 g/mol. The molecule has 21 heavy (non-hydrogen) atoms. The molecule has 7 heteroatoms. The van der Waals surface area contributed by atoms with Crippen molar-refractivity contribution in [3.05, 3.63) is 27.0 Å². The topological polar surface area (TPSA) is 90.0 Å². The van der Waals surface area contributed by atoms with Gasteiger partial charge in [-0.15, -0.1) is 10.3 Å². The first-order valence-corrected chi connectivity index (χ1v) is 7.07. The van der Waals surface area contributed by atoms with Crippen LogP contribution in [0.4, 0.5) is 5.69 Å². The van der Waals surface area contributed by atoms with E-state index >= 15 is 0 Å². The Balaban J connectivity index is 2.27. The van der Waals surface area contributed by atoms with E-state index in [0.29, 0.717) is 18.5 Å². The van der Waals surface area contributed by atoms with E-state index in [4.69, 9.17) is 0 Å². The number of aromatic nitrogens is 2. The minimum Gasteiger partial charge on any atom is -0.377 e. The normalized spacial score (nSPS) is 22.2. The van der Waals surface area contributed by atoms with Crippen molar-refractivity contribution in [1.82, 2.24) is 14.6 Å². The van der Waals surface area contributed by atoms with Crippen LogP contribution in [0.2, 0.25) is 0 Å². The second kappa shape index (κ2) is 4.99. The monoisotopic (exact) mass is 295 g/mol. The molecule has 1 fully saturated rings. The number of aryl methyl sites for hydroxylation is 1. The molecule has 1 aliphatic heterocycles. The van der Waals surface area contributed by atoms with E-state index in [9.17, 15) is 14.8 Å². The summed E-state index contributed by atoms with van der Waals surface area (Å²) in [6.45, 7) is 7.61. The van der Waals surface area contributed by atoms with E-state index in [2.05, 4.69) is 10.3 Å². The zero-order valence-electron chi connectivity index (χ0n) is 13.2. The fourth-order valence-electron chi connectivity index (χ4n) is 3.25. The molecule has 1 aromatic rings. The first-order valence-electron chi connectivity index (χ1n) is 7.07. The van der Waals surface area contributed by atoms with Crippen LogP contribution in [0.5, 0.6) is 0 Å². The number of aromatic amines is 1. The van der Waals surface area contributed by atoms with E-state index < -0.39 is 22.3 Å². The van der Waals surface area contributed by atoms with Crippen LogP contribution < -0.4 is 16.6 Å². The van der Waals surface area contributed by atoms with Crippen molar-refractivity contribution in [1.29, 1.82) is 0 Å². The number of nitrogens with zero attached hydrogens (tertiary/aromatic N) is 2. The predicted molar refractivity (Wildman–Crippen MR) is 79.6 cm³/mol. The van der Waals surface area contributed by atoms with Crippen LogP contribution in [0.25, 0.3) is 0 Å². The molecule has 1 saturated heterocycles. The van der Waals surface area contributed by atoms with Crippen LogP contribution in [0.15, 0.2) is 15.8 Å². The summed E-state index contributed by atoms with van der Waals surface area (Å²) in [6, 6.07) is -0.00111. The first kappa shape index (κ1) is 15.8. The number of hydrogen-bond acceptors (Lipinski definition) is 4. The lowest BCUT2D eigenvalue weighted by Gasteiger charge is -2.50. The van der Waals surface area contributed by atoms with E-state index in [0.717, 1.165) is 5.06 Å². The molecule has 0 unspecified atom stereocenters. The standard InChI is InChI=1S/C14H23N4O3/c1-13(2)6-9(7-14(3,4)18(13)21)15-10-8-17(5)12(20)16-11(10)19/h8-9,15H,6-7H2,1-5H3,(H,16,19,20). The van der Waals surface area contributed by atoms with Gasteiger partial charge in [-0.25, -0.2) is 4.79 Å². The predicted octanol–water partition coefficient (Wildman–Crippen LogP) is 0.853. The molecule has 117 valence electrons. The van der Waals surface area contributed by atoms with Crippen molar-refractivity contribution in [3.8, 4) is 0 Å². The summed E-state index contributed by atoms with van der Waals surface area (Å²) in [4.78, 5) is 25.5. The van der Waals surface area contributed by atoms with Gasteiger partial charge in [-0.1, -0.05) is 0 Å². The van der Waals surface area contributed by atoms with Gasteiger partial charge in [-0.2, -0.15) is 0 Å². The molecular formula is C14H23N4O3. The molecule has 0 spiro atoms. The number of hydrogen-bond donors (Lipinski definition) is 2. The Morgan fingerprint density at radius 2 is 1.71 bits per heavy atom. The van der Waals surface area contributed by atoms with Gasteiger partial charge in [-0.3, -0.25) is 9.78 Å². The number of piperidine rings is 1. The van der Waals surface area contributed by atoms with Crippen LogP contribution in [-0.4, -0.2) is 31.7 Å². The van der Waals surface area contributed by atoms with Crippen molar-refractivity contribution < 1.29 is 5.21 Å². The number of hydroxylamine groups is 2. The molecule has 2 rings (SSSR count). The Morgan fingerprint density at radius 3 is 2.24 bits per heavy atom. The molecule has 1 aromatic heterocycles. The lowest BCUT2D eigenvalue weighted by Crippen LogP contribution is -2.60. The first-order chi connectivity index (χ1) is 9.53. The minimum absolute atomic E-state index is 0.00111. The van der Waals surface area contributed by atoms with Crippen molar-refractivity contribution in [2.75, 3.05) is 5.32 Å². The Morgan fingerprint density at radius 1 is 1.19 bits per heavy atom. The summed E-state index contributed by atoms with van der Waals surface area (Å²) in [5, 5.41) is 16.6. The summed E-state index contributed by atoms with van der Waals surface area (Å²) in [7, 11) is 1.58. The minimum atomic E-state index is -0.507. The fraction of sp³-hybridized carbons (Fsp3) is 0.714. The second-order valence-electron chi connectivity index (χ2n) is 7.08. The zero-order valence-corrected chi connectivity index (χ0v) is 13.2. The van der Waals surface area contributed by atoms with Crippen LogP contribution in [0.3, 0.4) is 0 Å². The molecule has 1 radical (unpaired) electrons. The van der Waals surface area contributed by atoms with E-state index in [1.807, 2.05) is 27.7 Å². The van der Waals surface area contributed by atoms with Gasteiger partial charge in [0.05, 0.1) is 0 Å². The van der Waals surface area contributed by atoms with Gasteiger partial charge in [0.2, 0.25) is 0 Å². The van der Waals surface area contributed by atoms with Gasteiger partial charge in [-0.05, 0) is 40.5 Å². The fourth-order valence-corrected chi connectivity index (χ4v) is 3.25. The maximum Gasteiger partial charge on any atom is 0.328 e. The third-order valence-electron chi connectivity index (χ3n) is 4.06. The molecule has 0 aromatic carbocycles. The number of anilines is 1. The largest absolute Gasteiger partial charge is 0.377 e. The Bertz CT molecular complexity index is 626. The lowest BCUT2D eigenvalue weighted by atomic mass is 9.79. The third kappa shape index (κ3) is 3.03. The van der Waals surface area contributed by atoms with Crippen LogP contribution in [0.1, 0.15) is 40.5 Å². The summed E-state index contributed by atoms with van der Waals surface area (Å²) in [5.74, 6) is 0. The van der Waals surface area contributed by atoms with Crippen LogP contribution >= 0.6 is 0 Å². The SMILES string of the molecule is Cn1cc(NC2CC(C)(C)N([O])C(C)(C)C2)c(=O)[nH]c1=O.